The maximum absolute atomic E-state index is 12.6. The number of nitrogens with zero attached hydrogens (tertiary/aromatic N) is 1. The summed E-state index contributed by atoms with van der Waals surface area (Å²) < 4.78 is 5.76. The lowest BCUT2D eigenvalue weighted by molar-refractivity contribution is -0.122. The molecule has 2 N–H and O–H groups in total. The van der Waals surface area contributed by atoms with Gasteiger partial charge in [-0.25, -0.2) is 4.98 Å². The molecule has 178 valence electrons. The summed E-state index contributed by atoms with van der Waals surface area (Å²) in [6.45, 7) is 2.39. The van der Waals surface area contributed by atoms with E-state index in [4.69, 9.17) is 4.74 Å². The number of carbonyl (C=O) groups excluding carboxylic acids is 2. The molecular weight excluding hydrogens is 434 g/mol. The van der Waals surface area contributed by atoms with E-state index in [1.165, 1.54) is 42.6 Å². The van der Waals surface area contributed by atoms with Gasteiger partial charge in [-0.1, -0.05) is 43.4 Å². The topological polar surface area (TPSA) is 80.3 Å². The molecule has 4 rings (SSSR count). The molecule has 1 heterocycles. The minimum absolute atomic E-state index is 0.128. The fourth-order valence-electron chi connectivity index (χ4n) is 4.84. The zero-order valence-corrected chi connectivity index (χ0v) is 20.3. The van der Waals surface area contributed by atoms with Gasteiger partial charge in [0.25, 0.3) is 5.91 Å². The SMILES string of the molecule is Cc1ccc(OCc2nc(C(=O)NC3CCC(NC(=O)CCC4CCCC4)CC3)cs2)cc1. The van der Waals surface area contributed by atoms with Gasteiger partial charge in [-0.2, -0.15) is 0 Å². The summed E-state index contributed by atoms with van der Waals surface area (Å²) in [4.78, 5) is 29.3. The van der Waals surface area contributed by atoms with Crippen LogP contribution >= 0.6 is 11.3 Å². The summed E-state index contributed by atoms with van der Waals surface area (Å²) in [5.41, 5.74) is 1.64. The normalized spacial score (nSPS) is 21.0. The summed E-state index contributed by atoms with van der Waals surface area (Å²) in [6, 6.07) is 8.26. The number of aromatic nitrogens is 1. The third-order valence-electron chi connectivity index (χ3n) is 6.85. The van der Waals surface area contributed by atoms with Gasteiger partial charge < -0.3 is 15.4 Å². The Morgan fingerprint density at radius 2 is 1.67 bits per heavy atom. The molecule has 33 heavy (non-hydrogen) atoms. The maximum Gasteiger partial charge on any atom is 0.270 e. The Balaban J connectivity index is 1.15. The molecule has 0 aliphatic heterocycles. The van der Waals surface area contributed by atoms with Crippen molar-refractivity contribution >= 4 is 23.2 Å². The Hall–Kier alpha value is -2.41. The van der Waals surface area contributed by atoms with Crippen molar-refractivity contribution in [2.75, 3.05) is 0 Å². The largest absolute Gasteiger partial charge is 0.486 e. The van der Waals surface area contributed by atoms with Gasteiger partial charge in [-0.15, -0.1) is 11.3 Å². The number of thiazole rings is 1. The van der Waals surface area contributed by atoms with Crippen molar-refractivity contribution in [3.8, 4) is 5.75 Å². The summed E-state index contributed by atoms with van der Waals surface area (Å²) >= 11 is 1.44. The molecule has 0 atom stereocenters. The second kappa shape index (κ2) is 11.6. The number of nitrogens with one attached hydrogen (secondary N) is 2. The van der Waals surface area contributed by atoms with Crippen molar-refractivity contribution in [2.24, 2.45) is 5.92 Å². The lowest BCUT2D eigenvalue weighted by Crippen LogP contribution is -2.43. The smallest absolute Gasteiger partial charge is 0.270 e. The summed E-state index contributed by atoms with van der Waals surface area (Å²) in [7, 11) is 0. The maximum atomic E-state index is 12.6. The number of rotatable bonds is 9. The number of benzene rings is 1. The van der Waals surface area contributed by atoms with Crippen LogP contribution in [0.15, 0.2) is 29.6 Å². The van der Waals surface area contributed by atoms with Gasteiger partial charge in [0.15, 0.2) is 0 Å². The standard InChI is InChI=1S/C26H35N3O3S/c1-18-6-13-22(14-7-18)32-16-25-29-23(17-33-25)26(31)28-21-11-9-20(10-12-21)27-24(30)15-8-19-4-2-3-5-19/h6-7,13-14,17,19-21H,2-5,8-12,15-16H2,1H3,(H,27,30)(H,28,31). The molecule has 6 nitrogen and oxygen atoms in total. The summed E-state index contributed by atoms with van der Waals surface area (Å²) in [5, 5.41) is 8.90. The average Bonchev–Trinajstić information content (AvgIpc) is 3.51. The Bertz CT molecular complexity index is 913. The minimum atomic E-state index is -0.128. The van der Waals surface area contributed by atoms with Crippen molar-refractivity contribution in [3.63, 3.8) is 0 Å². The predicted octanol–water partition coefficient (Wildman–Crippen LogP) is 5.16. The van der Waals surface area contributed by atoms with Gasteiger partial charge in [0.2, 0.25) is 5.91 Å². The molecule has 0 radical (unpaired) electrons. The van der Waals surface area contributed by atoms with Crippen molar-refractivity contribution in [3.05, 3.63) is 45.9 Å². The molecule has 1 aromatic heterocycles. The molecule has 7 heteroatoms. The fraction of sp³-hybridized carbons (Fsp3) is 0.577. The van der Waals surface area contributed by atoms with E-state index >= 15 is 0 Å². The first kappa shape index (κ1) is 23.7. The van der Waals surface area contributed by atoms with Crippen molar-refractivity contribution in [2.45, 2.75) is 89.8 Å². The Kier molecular flexibility index (Phi) is 8.37. The summed E-state index contributed by atoms with van der Waals surface area (Å²) in [6.07, 6.45) is 10.5. The van der Waals surface area contributed by atoms with E-state index in [2.05, 4.69) is 15.6 Å². The van der Waals surface area contributed by atoms with E-state index < -0.39 is 0 Å². The Labute approximate surface area is 200 Å². The zero-order chi connectivity index (χ0) is 23.0. The van der Waals surface area contributed by atoms with E-state index in [1.54, 1.807) is 5.38 Å². The summed E-state index contributed by atoms with van der Waals surface area (Å²) in [5.74, 6) is 1.61. The van der Waals surface area contributed by atoms with E-state index in [-0.39, 0.29) is 23.9 Å². The first-order valence-corrected chi connectivity index (χ1v) is 13.2. The van der Waals surface area contributed by atoms with E-state index in [9.17, 15) is 9.59 Å². The number of ether oxygens (including phenoxy) is 1. The van der Waals surface area contributed by atoms with Crippen LogP contribution in [-0.4, -0.2) is 28.9 Å². The lowest BCUT2D eigenvalue weighted by Gasteiger charge is -2.29. The molecule has 2 aromatic rings. The number of hydrogen-bond donors (Lipinski definition) is 2. The zero-order valence-electron chi connectivity index (χ0n) is 19.5. The molecule has 2 fully saturated rings. The highest BCUT2D eigenvalue weighted by Crippen LogP contribution is 2.28. The number of amides is 2. The van der Waals surface area contributed by atoms with Crippen LogP contribution in [0.4, 0.5) is 0 Å². The van der Waals surface area contributed by atoms with Crippen LogP contribution in [-0.2, 0) is 11.4 Å². The van der Waals surface area contributed by atoms with Crippen LogP contribution in [0.2, 0.25) is 0 Å². The Morgan fingerprint density at radius 3 is 2.36 bits per heavy atom. The fourth-order valence-corrected chi connectivity index (χ4v) is 5.52. The minimum Gasteiger partial charge on any atom is -0.486 e. The second-order valence-electron chi connectivity index (χ2n) is 9.51. The highest BCUT2D eigenvalue weighted by atomic mass is 32.1. The van der Waals surface area contributed by atoms with Crippen LogP contribution < -0.4 is 15.4 Å². The van der Waals surface area contributed by atoms with Crippen molar-refractivity contribution in [1.82, 2.24) is 15.6 Å². The van der Waals surface area contributed by atoms with Crippen LogP contribution in [0.1, 0.15) is 85.3 Å². The first-order valence-electron chi connectivity index (χ1n) is 12.3. The highest BCUT2D eigenvalue weighted by Gasteiger charge is 2.25. The van der Waals surface area contributed by atoms with Gasteiger partial charge in [-0.3, -0.25) is 9.59 Å². The third kappa shape index (κ3) is 7.29. The number of aryl methyl sites for hydroxylation is 1. The quantitative estimate of drug-likeness (QED) is 0.532. The van der Waals surface area contributed by atoms with Crippen LogP contribution in [0, 0.1) is 12.8 Å². The molecule has 0 bridgehead atoms. The molecular formula is C26H35N3O3S. The molecule has 2 saturated carbocycles. The molecule has 2 aliphatic carbocycles. The van der Waals surface area contributed by atoms with Crippen LogP contribution in [0.5, 0.6) is 5.75 Å². The third-order valence-corrected chi connectivity index (χ3v) is 7.67. The van der Waals surface area contributed by atoms with Gasteiger partial charge in [0.05, 0.1) is 0 Å². The predicted molar refractivity (Wildman–Crippen MR) is 130 cm³/mol. The molecule has 0 unspecified atom stereocenters. The molecule has 0 spiro atoms. The van der Waals surface area contributed by atoms with E-state index in [0.717, 1.165) is 48.8 Å². The molecule has 0 saturated heterocycles. The lowest BCUT2D eigenvalue weighted by atomic mass is 9.90. The molecule has 1 aromatic carbocycles. The van der Waals surface area contributed by atoms with E-state index in [1.807, 2.05) is 31.2 Å². The number of carbonyl (C=O) groups is 2. The van der Waals surface area contributed by atoms with Crippen molar-refractivity contribution < 1.29 is 14.3 Å². The molecule has 2 aliphatic rings. The Morgan fingerprint density at radius 1 is 1.00 bits per heavy atom. The van der Waals surface area contributed by atoms with Gasteiger partial charge >= 0.3 is 0 Å². The number of hydrogen-bond acceptors (Lipinski definition) is 5. The van der Waals surface area contributed by atoms with Crippen LogP contribution in [0.25, 0.3) is 0 Å². The average molecular weight is 470 g/mol. The van der Waals surface area contributed by atoms with Gasteiger partial charge in [-0.05, 0) is 57.1 Å². The second-order valence-corrected chi connectivity index (χ2v) is 10.4. The van der Waals surface area contributed by atoms with Crippen LogP contribution in [0.3, 0.4) is 0 Å². The van der Waals surface area contributed by atoms with Gasteiger partial charge in [0.1, 0.15) is 23.1 Å². The molecule has 2 amide bonds. The highest BCUT2D eigenvalue weighted by molar-refractivity contribution is 7.09. The first-order chi connectivity index (χ1) is 16.0. The van der Waals surface area contributed by atoms with Crippen molar-refractivity contribution in [1.29, 1.82) is 0 Å². The monoisotopic (exact) mass is 469 g/mol. The van der Waals surface area contributed by atoms with E-state index in [0.29, 0.717) is 18.7 Å². The van der Waals surface area contributed by atoms with Gasteiger partial charge in [0, 0.05) is 23.9 Å².